The molecule has 2 aromatic rings. The maximum absolute atomic E-state index is 12.2. The summed E-state index contributed by atoms with van der Waals surface area (Å²) in [6, 6.07) is 17.3. The Bertz CT molecular complexity index is 737. The third kappa shape index (κ3) is 5.73. The van der Waals surface area contributed by atoms with Crippen LogP contribution in [-0.4, -0.2) is 11.8 Å². The first-order valence-electron chi connectivity index (χ1n) is 9.43. The molecule has 0 bridgehead atoms. The van der Waals surface area contributed by atoms with Gasteiger partial charge in [0.05, 0.1) is 0 Å². The zero-order chi connectivity index (χ0) is 18.2. The number of anilines is 2. The Morgan fingerprint density at radius 1 is 0.846 bits per heavy atom. The second kappa shape index (κ2) is 9.18. The van der Waals surface area contributed by atoms with Crippen LogP contribution in [0.1, 0.15) is 44.1 Å². The van der Waals surface area contributed by atoms with E-state index in [-0.39, 0.29) is 11.8 Å². The SMILES string of the molecule is O=C(CCc1ccccc1)Nc1cccc(NC(=O)CC2CCCC2)c1. The molecule has 0 aromatic heterocycles. The minimum atomic E-state index is -0.0247. The summed E-state index contributed by atoms with van der Waals surface area (Å²) < 4.78 is 0. The highest BCUT2D eigenvalue weighted by Crippen LogP contribution is 2.28. The molecule has 0 saturated heterocycles. The lowest BCUT2D eigenvalue weighted by molar-refractivity contribution is -0.117. The van der Waals surface area contributed by atoms with Gasteiger partial charge >= 0.3 is 0 Å². The maximum Gasteiger partial charge on any atom is 0.224 e. The molecule has 0 spiro atoms. The number of aryl methyl sites for hydroxylation is 1. The van der Waals surface area contributed by atoms with E-state index in [1.165, 1.54) is 12.8 Å². The van der Waals surface area contributed by atoms with Crippen LogP contribution < -0.4 is 10.6 Å². The van der Waals surface area contributed by atoms with Gasteiger partial charge in [-0.3, -0.25) is 9.59 Å². The van der Waals surface area contributed by atoms with Gasteiger partial charge in [-0.15, -0.1) is 0 Å². The summed E-state index contributed by atoms with van der Waals surface area (Å²) in [6.45, 7) is 0. The van der Waals surface area contributed by atoms with Crippen molar-refractivity contribution in [3.63, 3.8) is 0 Å². The van der Waals surface area contributed by atoms with E-state index < -0.39 is 0 Å². The molecule has 3 rings (SSSR count). The number of benzene rings is 2. The third-order valence-electron chi connectivity index (χ3n) is 4.86. The van der Waals surface area contributed by atoms with E-state index >= 15 is 0 Å². The smallest absolute Gasteiger partial charge is 0.224 e. The Labute approximate surface area is 155 Å². The first kappa shape index (κ1) is 18.2. The Balaban J connectivity index is 1.48. The lowest BCUT2D eigenvalue weighted by atomic mass is 10.0. The summed E-state index contributed by atoms with van der Waals surface area (Å²) in [5, 5.41) is 5.86. The highest BCUT2D eigenvalue weighted by Gasteiger charge is 2.18. The minimum absolute atomic E-state index is 0.0247. The predicted molar refractivity (Wildman–Crippen MR) is 105 cm³/mol. The second-order valence-corrected chi connectivity index (χ2v) is 7.02. The molecule has 4 nitrogen and oxygen atoms in total. The van der Waals surface area contributed by atoms with E-state index in [1.54, 1.807) is 0 Å². The van der Waals surface area contributed by atoms with Gasteiger partial charge in [0.2, 0.25) is 11.8 Å². The minimum Gasteiger partial charge on any atom is -0.326 e. The molecule has 2 N–H and O–H groups in total. The fourth-order valence-corrected chi connectivity index (χ4v) is 3.49. The maximum atomic E-state index is 12.2. The molecule has 136 valence electrons. The fourth-order valence-electron chi connectivity index (χ4n) is 3.49. The van der Waals surface area contributed by atoms with Crippen molar-refractivity contribution in [1.82, 2.24) is 0 Å². The number of nitrogens with one attached hydrogen (secondary N) is 2. The summed E-state index contributed by atoms with van der Waals surface area (Å²) in [5.41, 5.74) is 2.59. The van der Waals surface area contributed by atoms with Gasteiger partial charge in [0.15, 0.2) is 0 Å². The Morgan fingerprint density at radius 2 is 1.50 bits per heavy atom. The van der Waals surface area contributed by atoms with Crippen LogP contribution >= 0.6 is 0 Å². The van der Waals surface area contributed by atoms with E-state index in [9.17, 15) is 9.59 Å². The number of rotatable bonds is 7. The molecule has 1 fully saturated rings. The summed E-state index contributed by atoms with van der Waals surface area (Å²) in [5.74, 6) is 0.559. The third-order valence-corrected chi connectivity index (χ3v) is 4.86. The molecule has 1 saturated carbocycles. The lowest BCUT2D eigenvalue weighted by Crippen LogP contribution is -2.16. The van der Waals surface area contributed by atoms with Crippen molar-refractivity contribution >= 4 is 23.2 Å². The Kier molecular flexibility index (Phi) is 6.42. The Hall–Kier alpha value is -2.62. The number of carbonyl (C=O) groups excluding carboxylic acids is 2. The molecular formula is C22H26N2O2. The van der Waals surface area contributed by atoms with Crippen molar-refractivity contribution in [2.45, 2.75) is 44.9 Å². The summed E-state index contributed by atoms with van der Waals surface area (Å²) >= 11 is 0. The molecular weight excluding hydrogens is 324 g/mol. The van der Waals surface area contributed by atoms with E-state index in [0.29, 0.717) is 30.9 Å². The highest BCUT2D eigenvalue weighted by atomic mass is 16.2. The topological polar surface area (TPSA) is 58.2 Å². The normalized spacial score (nSPS) is 14.2. The van der Waals surface area contributed by atoms with Gasteiger partial charge < -0.3 is 10.6 Å². The first-order valence-corrected chi connectivity index (χ1v) is 9.43. The van der Waals surface area contributed by atoms with Gasteiger partial charge in [0, 0.05) is 24.2 Å². The molecule has 0 atom stereocenters. The number of hydrogen-bond donors (Lipinski definition) is 2. The van der Waals surface area contributed by atoms with Gasteiger partial charge in [-0.05, 0) is 48.9 Å². The van der Waals surface area contributed by atoms with Crippen LogP contribution in [0.3, 0.4) is 0 Å². The number of carbonyl (C=O) groups is 2. The zero-order valence-corrected chi connectivity index (χ0v) is 15.0. The van der Waals surface area contributed by atoms with Crippen LogP contribution in [0.4, 0.5) is 11.4 Å². The monoisotopic (exact) mass is 350 g/mol. The van der Waals surface area contributed by atoms with Crippen molar-refractivity contribution in [2.24, 2.45) is 5.92 Å². The molecule has 26 heavy (non-hydrogen) atoms. The quantitative estimate of drug-likeness (QED) is 0.755. The van der Waals surface area contributed by atoms with Crippen LogP contribution in [0, 0.1) is 5.92 Å². The fraction of sp³-hybridized carbons (Fsp3) is 0.364. The van der Waals surface area contributed by atoms with E-state index in [4.69, 9.17) is 0 Å². The van der Waals surface area contributed by atoms with Gasteiger partial charge in [0.25, 0.3) is 0 Å². The predicted octanol–water partition coefficient (Wildman–Crippen LogP) is 4.78. The van der Waals surface area contributed by atoms with Crippen LogP contribution in [0.25, 0.3) is 0 Å². The van der Waals surface area contributed by atoms with Crippen LogP contribution in [0.15, 0.2) is 54.6 Å². The molecule has 4 heteroatoms. The van der Waals surface area contributed by atoms with Crippen molar-refractivity contribution in [2.75, 3.05) is 10.6 Å². The zero-order valence-electron chi connectivity index (χ0n) is 15.0. The van der Waals surface area contributed by atoms with Crippen molar-refractivity contribution < 1.29 is 9.59 Å². The number of hydrogen-bond acceptors (Lipinski definition) is 2. The highest BCUT2D eigenvalue weighted by molar-refractivity contribution is 5.94. The van der Waals surface area contributed by atoms with Gasteiger partial charge in [-0.25, -0.2) is 0 Å². The molecule has 2 amide bonds. The van der Waals surface area contributed by atoms with Gasteiger partial charge in [-0.2, -0.15) is 0 Å². The lowest BCUT2D eigenvalue weighted by Gasteiger charge is -2.11. The summed E-state index contributed by atoms with van der Waals surface area (Å²) in [6.07, 6.45) is 6.53. The van der Waals surface area contributed by atoms with Crippen LogP contribution in [0.5, 0.6) is 0 Å². The molecule has 0 aliphatic heterocycles. The van der Waals surface area contributed by atoms with Gasteiger partial charge in [-0.1, -0.05) is 49.2 Å². The van der Waals surface area contributed by atoms with E-state index in [0.717, 1.165) is 24.1 Å². The summed E-state index contributed by atoms with van der Waals surface area (Å²) in [7, 11) is 0. The molecule has 2 aromatic carbocycles. The van der Waals surface area contributed by atoms with Crippen molar-refractivity contribution in [3.05, 3.63) is 60.2 Å². The van der Waals surface area contributed by atoms with E-state index in [1.807, 2.05) is 54.6 Å². The van der Waals surface area contributed by atoms with Crippen LogP contribution in [0.2, 0.25) is 0 Å². The molecule has 1 aliphatic rings. The molecule has 0 unspecified atom stereocenters. The first-order chi connectivity index (χ1) is 12.7. The molecule has 0 radical (unpaired) electrons. The van der Waals surface area contributed by atoms with Gasteiger partial charge in [0.1, 0.15) is 0 Å². The average Bonchev–Trinajstić information content (AvgIpc) is 3.14. The molecule has 0 heterocycles. The second-order valence-electron chi connectivity index (χ2n) is 7.02. The van der Waals surface area contributed by atoms with Crippen LogP contribution in [-0.2, 0) is 16.0 Å². The largest absolute Gasteiger partial charge is 0.326 e. The molecule has 1 aliphatic carbocycles. The summed E-state index contributed by atoms with van der Waals surface area (Å²) in [4.78, 5) is 24.3. The van der Waals surface area contributed by atoms with Crippen molar-refractivity contribution in [1.29, 1.82) is 0 Å². The standard InChI is InChI=1S/C22H26N2O2/c25-21(14-13-17-7-2-1-3-8-17)23-19-11-6-12-20(16-19)24-22(26)15-18-9-4-5-10-18/h1-3,6-8,11-12,16,18H,4-5,9-10,13-15H2,(H,23,25)(H,24,26). The van der Waals surface area contributed by atoms with E-state index in [2.05, 4.69) is 10.6 Å². The number of amides is 2. The average molecular weight is 350 g/mol. The Morgan fingerprint density at radius 3 is 2.19 bits per heavy atom. The van der Waals surface area contributed by atoms with Crippen molar-refractivity contribution in [3.8, 4) is 0 Å².